The monoisotopic (exact) mass is 276 g/mol. The maximum absolute atomic E-state index is 11.7. The third-order valence-corrected chi connectivity index (χ3v) is 2.54. The first-order valence-corrected chi connectivity index (χ1v) is 5.54. The van der Waals surface area contributed by atoms with Crippen LogP contribution in [0.2, 0.25) is 0 Å². The molecule has 0 aliphatic rings. The summed E-state index contributed by atoms with van der Waals surface area (Å²) in [6, 6.07) is 16.2. The van der Waals surface area contributed by atoms with Crippen LogP contribution in [0.5, 0.6) is 0 Å². The zero-order valence-electron chi connectivity index (χ0n) is 8.38. The van der Waals surface area contributed by atoms with Gasteiger partial charge in [0.05, 0.1) is 0 Å². The number of azo groups is 1. The molecule has 2 aromatic carbocycles. The van der Waals surface area contributed by atoms with Gasteiger partial charge in [-0.15, -0.1) is 0 Å². The zero-order chi connectivity index (χ0) is 11.4. The molecule has 2 rings (SSSR count). The Balaban J connectivity index is 2.28. The van der Waals surface area contributed by atoms with Crippen molar-refractivity contribution in [1.29, 1.82) is 0 Å². The van der Waals surface area contributed by atoms with E-state index in [4.69, 9.17) is 0 Å². The van der Waals surface area contributed by atoms with Gasteiger partial charge in [0.15, 0.2) is 0 Å². The normalized spacial score (nSPS) is 11.4. The van der Waals surface area contributed by atoms with E-state index in [9.17, 15) is 5.21 Å². The highest BCUT2D eigenvalue weighted by atomic mass is 79.9. The minimum Gasteiger partial charge on any atom is -0.594 e. The number of rotatable bonds is 2. The number of nitrogens with zero attached hydrogens (tertiary/aromatic N) is 2. The van der Waals surface area contributed by atoms with E-state index < -0.39 is 0 Å². The molecule has 80 valence electrons. The second-order valence-corrected chi connectivity index (χ2v) is 4.10. The van der Waals surface area contributed by atoms with Crippen molar-refractivity contribution >= 4 is 27.3 Å². The lowest BCUT2D eigenvalue weighted by Gasteiger charge is -1.99. The van der Waals surface area contributed by atoms with Gasteiger partial charge in [-0.2, -0.15) is 0 Å². The molecular formula is C12H9BrN2O. The van der Waals surface area contributed by atoms with Gasteiger partial charge in [0.25, 0.3) is 0 Å². The van der Waals surface area contributed by atoms with Gasteiger partial charge >= 0.3 is 0 Å². The van der Waals surface area contributed by atoms with Crippen LogP contribution in [-0.2, 0) is 0 Å². The second-order valence-electron chi connectivity index (χ2n) is 3.18. The third kappa shape index (κ3) is 2.67. The topological polar surface area (TPSA) is 38.4 Å². The molecule has 0 unspecified atom stereocenters. The highest BCUT2D eigenvalue weighted by molar-refractivity contribution is 9.10. The SMILES string of the molecule is [O-][N+](=Nc1ccccc1)c1ccc(Br)cc1. The quantitative estimate of drug-likeness (QED) is 0.456. The number of benzene rings is 2. The molecule has 0 aliphatic carbocycles. The van der Waals surface area contributed by atoms with Crippen LogP contribution < -0.4 is 0 Å². The van der Waals surface area contributed by atoms with Crippen LogP contribution in [-0.4, -0.2) is 4.86 Å². The molecule has 0 aliphatic heterocycles. The Kier molecular flexibility index (Phi) is 3.31. The van der Waals surface area contributed by atoms with Crippen molar-refractivity contribution in [1.82, 2.24) is 0 Å². The average Bonchev–Trinajstić information content (AvgIpc) is 2.31. The molecule has 3 nitrogen and oxygen atoms in total. The summed E-state index contributed by atoms with van der Waals surface area (Å²) in [6.07, 6.45) is 0. The van der Waals surface area contributed by atoms with Crippen molar-refractivity contribution < 1.29 is 4.86 Å². The molecule has 0 aromatic heterocycles. The van der Waals surface area contributed by atoms with Crippen molar-refractivity contribution in [3.8, 4) is 0 Å². The van der Waals surface area contributed by atoms with Gasteiger partial charge in [-0.1, -0.05) is 39.0 Å². The first-order chi connectivity index (χ1) is 7.75. The average molecular weight is 277 g/mol. The molecule has 16 heavy (non-hydrogen) atoms. The van der Waals surface area contributed by atoms with Crippen molar-refractivity contribution in [2.24, 2.45) is 5.11 Å². The summed E-state index contributed by atoms with van der Waals surface area (Å²) in [7, 11) is 0. The molecular weight excluding hydrogens is 268 g/mol. The molecule has 0 saturated carbocycles. The summed E-state index contributed by atoms with van der Waals surface area (Å²) in [5.41, 5.74) is 1.15. The van der Waals surface area contributed by atoms with Gasteiger partial charge in [0.2, 0.25) is 5.69 Å². The standard InChI is InChI=1S/C12H9BrN2O/c13-10-6-8-12(9-7-10)15(16)14-11-4-2-1-3-5-11/h1-9H. The molecule has 0 spiro atoms. The van der Waals surface area contributed by atoms with Gasteiger partial charge in [0, 0.05) is 21.7 Å². The van der Waals surface area contributed by atoms with E-state index in [1.807, 2.05) is 18.2 Å². The van der Waals surface area contributed by atoms with Gasteiger partial charge in [-0.25, -0.2) is 0 Å². The largest absolute Gasteiger partial charge is 0.594 e. The smallest absolute Gasteiger partial charge is 0.244 e. The second kappa shape index (κ2) is 4.90. The Morgan fingerprint density at radius 1 is 0.938 bits per heavy atom. The molecule has 0 amide bonds. The Bertz CT molecular complexity index is 494. The van der Waals surface area contributed by atoms with Crippen molar-refractivity contribution in [2.75, 3.05) is 0 Å². The third-order valence-electron chi connectivity index (χ3n) is 2.01. The summed E-state index contributed by atoms with van der Waals surface area (Å²) >= 11 is 3.31. The highest BCUT2D eigenvalue weighted by Gasteiger charge is 2.02. The molecule has 0 N–H and O–H groups in total. The molecule has 0 radical (unpaired) electrons. The Morgan fingerprint density at radius 3 is 2.19 bits per heavy atom. The number of hydrogen-bond acceptors (Lipinski definition) is 2. The predicted molar refractivity (Wildman–Crippen MR) is 66.0 cm³/mol. The summed E-state index contributed by atoms with van der Waals surface area (Å²) in [5, 5.41) is 15.6. The van der Waals surface area contributed by atoms with Crippen molar-refractivity contribution in [2.45, 2.75) is 0 Å². The highest BCUT2D eigenvalue weighted by Crippen LogP contribution is 2.19. The fourth-order valence-corrected chi connectivity index (χ4v) is 1.49. The molecule has 0 saturated heterocycles. The molecule has 0 atom stereocenters. The summed E-state index contributed by atoms with van der Waals surface area (Å²) < 4.78 is 0.935. The van der Waals surface area contributed by atoms with Gasteiger partial charge in [-0.3, -0.25) is 0 Å². The van der Waals surface area contributed by atoms with E-state index in [0.29, 0.717) is 16.2 Å². The van der Waals surface area contributed by atoms with E-state index in [1.54, 1.807) is 36.4 Å². The van der Waals surface area contributed by atoms with E-state index in [2.05, 4.69) is 21.0 Å². The van der Waals surface area contributed by atoms with Crippen LogP contribution in [0.15, 0.2) is 64.2 Å². The van der Waals surface area contributed by atoms with Crippen molar-refractivity contribution in [3.63, 3.8) is 0 Å². The van der Waals surface area contributed by atoms with Crippen LogP contribution in [0.1, 0.15) is 0 Å². The summed E-state index contributed by atoms with van der Waals surface area (Å²) in [4.78, 5) is 0.613. The van der Waals surface area contributed by atoms with Crippen LogP contribution in [0.25, 0.3) is 0 Å². The van der Waals surface area contributed by atoms with Crippen molar-refractivity contribution in [3.05, 3.63) is 64.3 Å². The summed E-state index contributed by atoms with van der Waals surface area (Å²) in [5.74, 6) is 0. The fraction of sp³-hybridized carbons (Fsp3) is 0. The summed E-state index contributed by atoms with van der Waals surface area (Å²) in [6.45, 7) is 0. The lowest BCUT2D eigenvalue weighted by Crippen LogP contribution is -1.89. The predicted octanol–water partition coefficient (Wildman–Crippen LogP) is 4.37. The maximum atomic E-state index is 11.7. The molecule has 0 fully saturated rings. The zero-order valence-corrected chi connectivity index (χ0v) is 9.96. The molecule has 2 aromatic rings. The molecule has 4 heteroatoms. The van der Waals surface area contributed by atoms with E-state index in [1.165, 1.54) is 0 Å². The maximum Gasteiger partial charge on any atom is 0.244 e. The van der Waals surface area contributed by atoms with Gasteiger partial charge in [-0.05, 0) is 24.3 Å². The first kappa shape index (κ1) is 10.8. The van der Waals surface area contributed by atoms with Gasteiger partial charge < -0.3 is 5.21 Å². The van der Waals surface area contributed by atoms with E-state index in [-0.39, 0.29) is 0 Å². The number of hydrogen-bond donors (Lipinski definition) is 0. The lowest BCUT2D eigenvalue weighted by molar-refractivity contribution is -0.435. The van der Waals surface area contributed by atoms with Crippen LogP contribution in [0.3, 0.4) is 0 Å². The number of halogens is 1. The minimum absolute atomic E-state index is 0.507. The lowest BCUT2D eigenvalue weighted by atomic mass is 10.3. The van der Waals surface area contributed by atoms with Crippen LogP contribution in [0.4, 0.5) is 11.4 Å². The van der Waals surface area contributed by atoms with Crippen LogP contribution in [0, 0.1) is 5.21 Å². The van der Waals surface area contributed by atoms with E-state index in [0.717, 1.165) is 4.47 Å². The fourth-order valence-electron chi connectivity index (χ4n) is 1.23. The van der Waals surface area contributed by atoms with E-state index >= 15 is 0 Å². The molecule has 0 heterocycles. The Hall–Kier alpha value is -1.68. The van der Waals surface area contributed by atoms with Crippen LogP contribution >= 0.6 is 15.9 Å². The molecule has 0 bridgehead atoms. The first-order valence-electron chi connectivity index (χ1n) is 4.75. The Labute approximate surface area is 102 Å². The van der Waals surface area contributed by atoms with Gasteiger partial charge in [0.1, 0.15) is 5.69 Å². The minimum atomic E-state index is 0.507. The Morgan fingerprint density at radius 2 is 1.56 bits per heavy atom.